The average Bonchev–Trinajstić information content (AvgIpc) is 3.71. The molecule has 44 heavy (non-hydrogen) atoms. The van der Waals surface area contributed by atoms with Gasteiger partial charge >= 0.3 is 0 Å². The van der Waals surface area contributed by atoms with Gasteiger partial charge in [0.25, 0.3) is 5.56 Å². The Kier molecular flexibility index (Phi) is 8.30. The second-order valence-electron chi connectivity index (χ2n) is 10.6. The highest BCUT2D eigenvalue weighted by Gasteiger charge is 2.33. The van der Waals surface area contributed by atoms with E-state index in [0.717, 1.165) is 12.0 Å². The number of methoxy groups -OCH3 is 2. The van der Waals surface area contributed by atoms with Gasteiger partial charge in [0.05, 0.1) is 26.3 Å². The monoisotopic (exact) mass is 613 g/mol. The maximum atomic E-state index is 15.5. The van der Waals surface area contributed by atoms with Crippen molar-refractivity contribution >= 4 is 32.7 Å². The molecule has 3 aromatic carbocycles. The molecule has 1 aliphatic rings. The van der Waals surface area contributed by atoms with E-state index in [1.165, 1.54) is 15.9 Å². The maximum absolute atomic E-state index is 15.5. The quantitative estimate of drug-likeness (QED) is 0.240. The maximum Gasteiger partial charge on any atom is 0.281 e. The van der Waals surface area contributed by atoms with E-state index in [-0.39, 0.29) is 29.4 Å². The molecule has 0 aliphatic carbocycles. The van der Waals surface area contributed by atoms with E-state index >= 15 is 4.39 Å². The number of hydrogen-bond donors (Lipinski definition) is 1. The molecule has 0 bridgehead atoms. The Morgan fingerprint density at radius 1 is 1.07 bits per heavy atom. The highest BCUT2D eigenvalue weighted by atomic mass is 32.1. The number of hydrogen-bond acceptors (Lipinski definition) is 8. The summed E-state index contributed by atoms with van der Waals surface area (Å²) < 4.78 is 27.8. The molecule has 1 amide bonds. The van der Waals surface area contributed by atoms with E-state index in [1.54, 1.807) is 57.5 Å². The number of thiazole rings is 1. The summed E-state index contributed by atoms with van der Waals surface area (Å²) >= 11 is 1.24. The van der Waals surface area contributed by atoms with Crippen molar-refractivity contribution in [2.24, 2.45) is 0 Å². The van der Waals surface area contributed by atoms with E-state index in [1.807, 2.05) is 35.2 Å². The summed E-state index contributed by atoms with van der Waals surface area (Å²) in [7, 11) is 3.10. The second-order valence-corrected chi connectivity index (χ2v) is 11.6. The SMILES string of the molecule is COc1ccc(Cn2c(-c3cccc(C)c3F)nc3sc(N4CCCC4C(=O)NCc4ccccc4)nc3c2=O)c(OC)c1. The zero-order chi connectivity index (χ0) is 30.8. The van der Waals surface area contributed by atoms with Gasteiger partial charge in [-0.05, 0) is 49.1 Å². The van der Waals surface area contributed by atoms with Gasteiger partial charge in [-0.3, -0.25) is 14.2 Å². The lowest BCUT2D eigenvalue weighted by molar-refractivity contribution is -0.122. The van der Waals surface area contributed by atoms with Crippen LogP contribution in [0.2, 0.25) is 0 Å². The standard InChI is InChI=1S/C33H32FN5O4S/c1-20-9-7-12-24(27(20)34)29-37-31-28(32(41)39(29)19-22-14-15-23(42-2)17-26(22)43-3)36-33(44-31)38-16-8-13-25(38)30(40)35-18-21-10-5-4-6-11-21/h4-7,9-12,14-15,17,25H,8,13,16,18-19H2,1-3H3,(H,35,40). The first-order valence-corrected chi connectivity index (χ1v) is 15.2. The summed E-state index contributed by atoms with van der Waals surface area (Å²) in [4.78, 5) is 39.2. The van der Waals surface area contributed by atoms with Crippen molar-refractivity contribution in [2.75, 3.05) is 25.7 Å². The lowest BCUT2D eigenvalue weighted by atomic mass is 10.1. The van der Waals surface area contributed by atoms with Crippen molar-refractivity contribution in [3.63, 3.8) is 0 Å². The molecule has 1 aliphatic heterocycles. The van der Waals surface area contributed by atoms with Crippen LogP contribution in [0.1, 0.15) is 29.5 Å². The lowest BCUT2D eigenvalue weighted by Gasteiger charge is -2.23. The normalized spacial score (nSPS) is 14.6. The van der Waals surface area contributed by atoms with Gasteiger partial charge in [-0.25, -0.2) is 14.4 Å². The molecule has 0 spiro atoms. The summed E-state index contributed by atoms with van der Waals surface area (Å²) in [6, 6.07) is 19.7. The van der Waals surface area contributed by atoms with Gasteiger partial charge < -0.3 is 19.7 Å². The van der Waals surface area contributed by atoms with Crippen molar-refractivity contribution in [2.45, 2.75) is 38.9 Å². The van der Waals surface area contributed by atoms with Crippen LogP contribution in [-0.4, -0.2) is 47.2 Å². The second kappa shape index (κ2) is 12.5. The van der Waals surface area contributed by atoms with Gasteiger partial charge in [-0.15, -0.1) is 0 Å². The molecule has 5 aromatic rings. The zero-order valence-electron chi connectivity index (χ0n) is 24.7. The third-order valence-electron chi connectivity index (χ3n) is 7.87. The van der Waals surface area contributed by atoms with Gasteiger partial charge in [0.1, 0.15) is 29.2 Å². The molecule has 1 saturated heterocycles. The topological polar surface area (TPSA) is 98.6 Å². The molecule has 3 heterocycles. The predicted molar refractivity (Wildman–Crippen MR) is 169 cm³/mol. The number of halogens is 1. The summed E-state index contributed by atoms with van der Waals surface area (Å²) in [6.45, 7) is 2.79. The van der Waals surface area contributed by atoms with E-state index in [0.29, 0.717) is 52.1 Å². The summed E-state index contributed by atoms with van der Waals surface area (Å²) in [5.74, 6) is 0.773. The Hall–Kier alpha value is -4.77. The summed E-state index contributed by atoms with van der Waals surface area (Å²) in [6.07, 6.45) is 1.49. The smallest absolute Gasteiger partial charge is 0.281 e. The van der Waals surface area contributed by atoms with Gasteiger partial charge in [0, 0.05) is 24.7 Å². The lowest BCUT2D eigenvalue weighted by Crippen LogP contribution is -2.43. The molecule has 1 N–H and O–H groups in total. The van der Waals surface area contributed by atoms with Gasteiger partial charge in [0.2, 0.25) is 5.91 Å². The van der Waals surface area contributed by atoms with Crippen LogP contribution in [-0.2, 0) is 17.9 Å². The summed E-state index contributed by atoms with van der Waals surface area (Å²) in [5, 5.41) is 3.57. The molecule has 0 saturated carbocycles. The van der Waals surface area contributed by atoms with Crippen LogP contribution >= 0.6 is 11.3 Å². The Morgan fingerprint density at radius 2 is 1.89 bits per heavy atom. The number of rotatable bonds is 9. The van der Waals surface area contributed by atoms with Gasteiger partial charge in [-0.1, -0.05) is 53.8 Å². The van der Waals surface area contributed by atoms with Crippen LogP contribution in [0.5, 0.6) is 11.5 Å². The Bertz CT molecular complexity index is 1890. The molecule has 1 atom stereocenters. The van der Waals surface area contributed by atoms with E-state index < -0.39 is 17.4 Å². The zero-order valence-corrected chi connectivity index (χ0v) is 25.5. The van der Waals surface area contributed by atoms with Crippen molar-refractivity contribution in [1.29, 1.82) is 0 Å². The molecule has 11 heteroatoms. The number of aryl methyl sites for hydroxylation is 1. The van der Waals surface area contributed by atoms with Gasteiger partial charge in [0.15, 0.2) is 15.5 Å². The number of ether oxygens (including phenoxy) is 2. The third-order valence-corrected chi connectivity index (χ3v) is 8.86. The molecule has 9 nitrogen and oxygen atoms in total. The fraction of sp³-hybridized carbons (Fsp3) is 0.273. The minimum Gasteiger partial charge on any atom is -0.497 e. The van der Waals surface area contributed by atoms with Gasteiger partial charge in [-0.2, -0.15) is 0 Å². The number of amides is 1. The van der Waals surface area contributed by atoms with Crippen LogP contribution in [0, 0.1) is 12.7 Å². The van der Waals surface area contributed by atoms with Crippen molar-refractivity contribution in [3.8, 4) is 22.9 Å². The average molecular weight is 614 g/mol. The molecule has 0 radical (unpaired) electrons. The number of fused-ring (bicyclic) bond motifs is 1. The van der Waals surface area contributed by atoms with E-state index in [9.17, 15) is 9.59 Å². The summed E-state index contributed by atoms with van der Waals surface area (Å²) in [5.41, 5.74) is 2.12. The van der Waals surface area contributed by atoms with E-state index in [4.69, 9.17) is 19.4 Å². The third kappa shape index (κ3) is 5.62. The molecule has 2 aromatic heterocycles. The highest BCUT2D eigenvalue weighted by Crippen LogP contribution is 2.34. The predicted octanol–water partition coefficient (Wildman–Crippen LogP) is 5.32. The Labute approximate surface area is 257 Å². The van der Waals surface area contributed by atoms with Crippen LogP contribution in [0.25, 0.3) is 21.7 Å². The number of nitrogens with zero attached hydrogens (tertiary/aromatic N) is 4. The number of anilines is 1. The van der Waals surface area contributed by atoms with Crippen LogP contribution in [0.4, 0.5) is 9.52 Å². The molecular weight excluding hydrogens is 581 g/mol. The van der Waals surface area contributed by atoms with Crippen molar-refractivity contribution in [3.05, 3.63) is 99.6 Å². The minimum absolute atomic E-state index is 0.0682. The Balaban J connectivity index is 1.40. The molecular formula is C33H32FN5O4S. The first kappa shape index (κ1) is 29.3. The van der Waals surface area contributed by atoms with Crippen LogP contribution in [0.15, 0.2) is 71.5 Å². The Morgan fingerprint density at radius 3 is 2.66 bits per heavy atom. The fourth-order valence-corrected chi connectivity index (χ4v) is 6.52. The number of benzene rings is 3. The minimum atomic E-state index is -0.450. The number of nitrogens with one attached hydrogen (secondary N) is 1. The molecule has 226 valence electrons. The number of aromatic nitrogens is 3. The van der Waals surface area contributed by atoms with Crippen LogP contribution < -0.4 is 25.2 Å². The van der Waals surface area contributed by atoms with E-state index in [2.05, 4.69) is 5.32 Å². The first-order chi connectivity index (χ1) is 21.4. The van der Waals surface area contributed by atoms with Crippen LogP contribution in [0.3, 0.4) is 0 Å². The number of carbonyl (C=O) groups is 1. The van der Waals surface area contributed by atoms with Crippen molar-refractivity contribution < 1.29 is 18.7 Å². The first-order valence-electron chi connectivity index (χ1n) is 14.3. The van der Waals surface area contributed by atoms with Crippen molar-refractivity contribution in [1.82, 2.24) is 19.9 Å². The molecule has 6 rings (SSSR count). The molecule has 1 fully saturated rings. The highest BCUT2D eigenvalue weighted by molar-refractivity contribution is 7.21. The molecule has 1 unspecified atom stereocenters. The largest absolute Gasteiger partial charge is 0.497 e. The number of carbonyl (C=O) groups excluding carboxylic acids is 1. The fourth-order valence-electron chi connectivity index (χ4n) is 5.52.